The van der Waals surface area contributed by atoms with E-state index in [1.165, 1.54) is 5.56 Å². The highest BCUT2D eigenvalue weighted by molar-refractivity contribution is 5.62. The van der Waals surface area contributed by atoms with Gasteiger partial charge in [-0.3, -0.25) is 11.1 Å². The van der Waals surface area contributed by atoms with Gasteiger partial charge in [0.25, 0.3) is 0 Å². The monoisotopic (exact) mass is 232 g/mol. The Balaban J connectivity index is 2.12. The van der Waals surface area contributed by atoms with Gasteiger partial charge in [0.05, 0.1) is 6.10 Å². The van der Waals surface area contributed by atoms with Crippen LogP contribution in [0.15, 0.2) is 30.3 Å². The van der Waals surface area contributed by atoms with Crippen LogP contribution in [0, 0.1) is 5.41 Å². The van der Waals surface area contributed by atoms with Gasteiger partial charge in [-0.15, -0.1) is 0 Å². The molecule has 3 heteroatoms. The van der Waals surface area contributed by atoms with Crippen molar-refractivity contribution in [3.63, 3.8) is 0 Å². The minimum absolute atomic E-state index is 0.0372. The van der Waals surface area contributed by atoms with Crippen LogP contribution >= 0.6 is 0 Å². The molecule has 0 aromatic heterocycles. The van der Waals surface area contributed by atoms with Crippen molar-refractivity contribution >= 4 is 6.29 Å². The standard InChI is InChI=1S/C14H18NO2/c1-11-14(3,10-16)12(2)17-15(11)9-13-7-5-4-6-8-13/h4-8,11-12H,9H2,1-3H3/q-1/t11-,12+,14-/m1/s1. The second-order valence-corrected chi connectivity index (χ2v) is 4.87. The summed E-state index contributed by atoms with van der Waals surface area (Å²) in [5, 5.41) is 1.88. The summed E-state index contributed by atoms with van der Waals surface area (Å²) >= 11 is 0. The molecule has 1 heterocycles. The van der Waals surface area contributed by atoms with E-state index >= 15 is 0 Å². The molecule has 1 saturated heterocycles. The maximum absolute atomic E-state index is 11.1. The molecule has 1 aliphatic heterocycles. The van der Waals surface area contributed by atoms with E-state index in [-0.39, 0.29) is 12.1 Å². The van der Waals surface area contributed by atoms with Crippen LogP contribution in [0.2, 0.25) is 0 Å². The minimum Gasteiger partial charge on any atom is -0.541 e. The average Bonchev–Trinajstić information content (AvgIpc) is 2.56. The largest absolute Gasteiger partial charge is 0.541 e. The number of benzene rings is 1. The van der Waals surface area contributed by atoms with E-state index in [9.17, 15) is 4.79 Å². The van der Waals surface area contributed by atoms with E-state index in [1.807, 2.05) is 44.0 Å². The van der Waals surface area contributed by atoms with Crippen molar-refractivity contribution in [2.75, 3.05) is 0 Å². The molecule has 0 amide bonds. The maximum Gasteiger partial charge on any atom is 0.0595 e. The highest BCUT2D eigenvalue weighted by atomic mass is 16.7. The second-order valence-electron chi connectivity index (χ2n) is 4.87. The van der Waals surface area contributed by atoms with Gasteiger partial charge >= 0.3 is 0 Å². The van der Waals surface area contributed by atoms with Gasteiger partial charge < -0.3 is 4.79 Å². The number of hydrogen-bond donors (Lipinski definition) is 0. The molecule has 0 unspecified atom stereocenters. The van der Waals surface area contributed by atoms with Crippen molar-refractivity contribution in [2.24, 2.45) is 5.41 Å². The Kier molecular flexibility index (Phi) is 3.31. The van der Waals surface area contributed by atoms with Crippen LogP contribution in [0.4, 0.5) is 0 Å². The molecule has 1 aromatic carbocycles. The Morgan fingerprint density at radius 1 is 1.35 bits per heavy atom. The summed E-state index contributed by atoms with van der Waals surface area (Å²) in [4.78, 5) is 16.9. The van der Waals surface area contributed by atoms with E-state index in [4.69, 9.17) is 4.84 Å². The predicted octanol–water partition coefficient (Wildman–Crippen LogP) is 2.33. The molecule has 92 valence electrons. The fraction of sp³-hybridized carbons (Fsp3) is 0.500. The van der Waals surface area contributed by atoms with Crippen molar-refractivity contribution in [3.8, 4) is 0 Å². The van der Waals surface area contributed by atoms with Crippen molar-refractivity contribution in [3.05, 3.63) is 35.9 Å². The van der Waals surface area contributed by atoms with Crippen LogP contribution < -0.4 is 0 Å². The number of hydroxylamine groups is 2. The number of hydrogen-bond acceptors (Lipinski definition) is 3. The van der Waals surface area contributed by atoms with E-state index in [0.29, 0.717) is 6.54 Å². The summed E-state index contributed by atoms with van der Waals surface area (Å²) < 4.78 is 0. The molecule has 0 spiro atoms. The first kappa shape index (κ1) is 12.3. The quantitative estimate of drug-likeness (QED) is 0.749. The Morgan fingerprint density at radius 3 is 2.53 bits per heavy atom. The summed E-state index contributed by atoms with van der Waals surface area (Å²) in [5.41, 5.74) is 0.635. The minimum atomic E-state index is -0.547. The molecule has 3 nitrogen and oxygen atoms in total. The van der Waals surface area contributed by atoms with Crippen molar-refractivity contribution in [1.29, 1.82) is 0 Å². The van der Waals surface area contributed by atoms with Gasteiger partial charge in [0.15, 0.2) is 0 Å². The predicted molar refractivity (Wildman–Crippen MR) is 65.8 cm³/mol. The summed E-state index contributed by atoms with van der Waals surface area (Å²) in [6.45, 7) is 6.54. The topological polar surface area (TPSA) is 29.5 Å². The molecule has 2 rings (SSSR count). The number of rotatable bonds is 3. The average molecular weight is 232 g/mol. The summed E-state index contributed by atoms with van der Waals surface area (Å²) in [5.74, 6) is 0. The smallest absolute Gasteiger partial charge is 0.0595 e. The summed E-state index contributed by atoms with van der Waals surface area (Å²) in [6, 6.07) is 10.1. The van der Waals surface area contributed by atoms with Gasteiger partial charge in [-0.25, -0.2) is 0 Å². The zero-order valence-electron chi connectivity index (χ0n) is 10.5. The van der Waals surface area contributed by atoms with Crippen molar-refractivity contribution in [1.82, 2.24) is 5.06 Å². The highest BCUT2D eigenvalue weighted by Crippen LogP contribution is 2.37. The molecule has 1 aliphatic rings. The van der Waals surface area contributed by atoms with E-state index < -0.39 is 5.41 Å². The zero-order valence-corrected chi connectivity index (χ0v) is 10.5. The van der Waals surface area contributed by atoms with E-state index in [1.54, 1.807) is 0 Å². The van der Waals surface area contributed by atoms with Crippen molar-refractivity contribution < 1.29 is 9.63 Å². The first-order valence-corrected chi connectivity index (χ1v) is 5.94. The molecular formula is C14H18NO2-. The highest BCUT2D eigenvalue weighted by Gasteiger charge is 2.40. The van der Waals surface area contributed by atoms with Crippen molar-refractivity contribution in [2.45, 2.75) is 39.5 Å². The zero-order chi connectivity index (χ0) is 12.5. The van der Waals surface area contributed by atoms with Crippen LogP contribution in [0.5, 0.6) is 0 Å². The second kappa shape index (κ2) is 4.59. The first-order chi connectivity index (χ1) is 8.08. The van der Waals surface area contributed by atoms with E-state index in [2.05, 4.69) is 18.4 Å². The molecule has 0 radical (unpaired) electrons. The Bertz CT molecular complexity index is 392. The van der Waals surface area contributed by atoms with Crippen LogP contribution in [0.25, 0.3) is 0 Å². The molecule has 0 aliphatic carbocycles. The van der Waals surface area contributed by atoms with Gasteiger partial charge in [0.1, 0.15) is 0 Å². The van der Waals surface area contributed by atoms with Gasteiger partial charge in [-0.2, -0.15) is 5.06 Å². The fourth-order valence-corrected chi connectivity index (χ4v) is 2.15. The lowest BCUT2D eigenvalue weighted by atomic mass is 9.81. The molecule has 1 fully saturated rings. The van der Waals surface area contributed by atoms with Gasteiger partial charge in [-0.1, -0.05) is 42.7 Å². The number of carbonyl (C=O) groups excluding carboxylic acids is 1. The van der Waals surface area contributed by atoms with Gasteiger partial charge in [0.2, 0.25) is 0 Å². The third-order valence-electron chi connectivity index (χ3n) is 3.84. The van der Waals surface area contributed by atoms with Gasteiger partial charge in [-0.05, 0) is 19.4 Å². The molecule has 0 N–H and O–H groups in total. The number of nitrogens with zero attached hydrogens (tertiary/aromatic N) is 1. The SMILES string of the molecule is C[C@@H]1ON(Cc2ccccc2)[C@H](C)[C@@]1(C)[C-]=O. The van der Waals surface area contributed by atoms with E-state index in [0.717, 1.165) is 0 Å². The summed E-state index contributed by atoms with van der Waals surface area (Å²) in [6.07, 6.45) is 2.01. The molecule has 0 bridgehead atoms. The molecular weight excluding hydrogens is 214 g/mol. The lowest BCUT2D eigenvalue weighted by molar-refractivity contribution is -0.162. The molecule has 0 saturated carbocycles. The maximum atomic E-state index is 11.1. The summed E-state index contributed by atoms with van der Waals surface area (Å²) in [7, 11) is 0. The van der Waals surface area contributed by atoms with Crippen LogP contribution in [-0.2, 0) is 16.2 Å². The molecule has 1 aromatic rings. The first-order valence-electron chi connectivity index (χ1n) is 5.94. The Labute approximate surface area is 102 Å². The third-order valence-corrected chi connectivity index (χ3v) is 3.84. The Morgan fingerprint density at radius 2 is 2.00 bits per heavy atom. The van der Waals surface area contributed by atoms with Gasteiger partial charge in [0, 0.05) is 12.6 Å². The lowest BCUT2D eigenvalue weighted by Gasteiger charge is -2.35. The van der Waals surface area contributed by atoms with Crippen LogP contribution in [-0.4, -0.2) is 23.5 Å². The third kappa shape index (κ3) is 2.13. The fourth-order valence-electron chi connectivity index (χ4n) is 2.15. The molecule has 17 heavy (non-hydrogen) atoms. The molecule has 3 atom stereocenters. The van der Waals surface area contributed by atoms with Crippen LogP contribution in [0.1, 0.15) is 26.3 Å². The normalized spacial score (nSPS) is 33.8. The lowest BCUT2D eigenvalue weighted by Crippen LogP contribution is -2.38. The Hall–Kier alpha value is -1.19. The van der Waals surface area contributed by atoms with Crippen LogP contribution in [0.3, 0.4) is 0 Å².